The number of hydrogen-bond acceptors (Lipinski definition) is 4. The van der Waals surface area contributed by atoms with Crippen LogP contribution in [0.25, 0.3) is 6.08 Å². The Kier molecular flexibility index (Phi) is 4.82. The second kappa shape index (κ2) is 6.75. The molecule has 1 aliphatic rings. The number of anilines is 1. The molecule has 1 atom stereocenters. The van der Waals surface area contributed by atoms with Crippen molar-refractivity contribution in [2.45, 2.75) is 32.4 Å². The van der Waals surface area contributed by atoms with Gasteiger partial charge in [-0.2, -0.15) is 0 Å². The van der Waals surface area contributed by atoms with Crippen LogP contribution in [0.15, 0.2) is 48.7 Å². The molecule has 0 saturated heterocycles. The topological polar surface area (TPSA) is 55.7 Å². The van der Waals surface area contributed by atoms with Gasteiger partial charge in [0.15, 0.2) is 0 Å². The maximum atomic E-state index is 9.74. The maximum Gasteiger partial charge on any atom is 0.589 e. The van der Waals surface area contributed by atoms with Crippen molar-refractivity contribution in [2.75, 3.05) is 5.32 Å². The minimum absolute atomic E-state index is 0.0787. The average molecular weight is 357 g/mol. The summed E-state index contributed by atoms with van der Waals surface area (Å²) in [6.45, 7) is 6.50. The van der Waals surface area contributed by atoms with E-state index in [9.17, 15) is 10.0 Å². The molecular weight excluding hydrogens is 334 g/mol. The predicted octanol–water partition coefficient (Wildman–Crippen LogP) is 4.00. The predicted molar refractivity (Wildman–Crippen MR) is 104 cm³/mol. The van der Waals surface area contributed by atoms with Gasteiger partial charge in [0.1, 0.15) is 6.17 Å². The third-order valence-electron chi connectivity index (χ3n) is 4.41. The Hall–Kier alpha value is -1.95. The molecule has 0 aromatic heterocycles. The van der Waals surface area contributed by atoms with Gasteiger partial charge in [-0.05, 0) is 47.0 Å². The molecule has 6 heteroatoms. The van der Waals surface area contributed by atoms with Gasteiger partial charge in [0, 0.05) is 16.3 Å². The van der Waals surface area contributed by atoms with Gasteiger partial charge in [-0.15, -0.1) is 0 Å². The van der Waals surface area contributed by atoms with Crippen molar-refractivity contribution in [3.63, 3.8) is 0 Å². The summed E-state index contributed by atoms with van der Waals surface area (Å²) in [5.41, 5.74) is 3.96. The molecule has 25 heavy (non-hydrogen) atoms. The summed E-state index contributed by atoms with van der Waals surface area (Å²) < 4.78 is 0. The summed E-state index contributed by atoms with van der Waals surface area (Å²) in [5, 5.41) is 23.4. The second-order valence-corrected chi connectivity index (χ2v) is 7.63. The number of benzene rings is 2. The molecule has 2 aromatic rings. The van der Waals surface area contributed by atoms with Crippen LogP contribution >= 0.6 is 11.6 Å². The van der Waals surface area contributed by atoms with E-state index in [0.29, 0.717) is 5.02 Å². The number of nitrogens with one attached hydrogen (secondary N) is 1. The van der Waals surface area contributed by atoms with Crippen LogP contribution in [0.3, 0.4) is 0 Å². The summed E-state index contributed by atoms with van der Waals surface area (Å²) in [7, 11) is -1.63. The van der Waals surface area contributed by atoms with Crippen molar-refractivity contribution < 1.29 is 10.0 Å². The summed E-state index contributed by atoms with van der Waals surface area (Å²) in [4.78, 5) is 1.42. The fourth-order valence-corrected chi connectivity index (χ4v) is 3.26. The van der Waals surface area contributed by atoms with Crippen molar-refractivity contribution >= 4 is 30.6 Å². The van der Waals surface area contributed by atoms with Gasteiger partial charge in [-0.1, -0.05) is 56.6 Å². The van der Waals surface area contributed by atoms with E-state index in [1.165, 1.54) is 10.4 Å². The fourth-order valence-electron chi connectivity index (χ4n) is 2.97. The Bertz CT molecular complexity index is 785. The first-order chi connectivity index (χ1) is 11.8. The normalized spacial score (nSPS) is 16.6. The van der Waals surface area contributed by atoms with Crippen LogP contribution < -0.4 is 5.32 Å². The first-order valence-corrected chi connectivity index (χ1v) is 8.62. The van der Waals surface area contributed by atoms with Crippen molar-refractivity contribution in [1.29, 1.82) is 0 Å². The number of halogens is 1. The van der Waals surface area contributed by atoms with E-state index in [-0.39, 0.29) is 5.41 Å². The Morgan fingerprint density at radius 2 is 1.76 bits per heavy atom. The van der Waals surface area contributed by atoms with Crippen molar-refractivity contribution in [1.82, 2.24) is 4.81 Å². The summed E-state index contributed by atoms with van der Waals surface area (Å²) in [6.07, 6.45) is 3.00. The Labute approximate surface area is 153 Å². The Balaban J connectivity index is 1.95. The van der Waals surface area contributed by atoms with Gasteiger partial charge in [0.25, 0.3) is 0 Å². The van der Waals surface area contributed by atoms with E-state index in [0.717, 1.165) is 16.8 Å². The molecule has 0 fully saturated rings. The fraction of sp³-hybridized carbons (Fsp3) is 0.263. The lowest BCUT2D eigenvalue weighted by Crippen LogP contribution is -2.43. The minimum Gasteiger partial charge on any atom is -0.408 e. The largest absolute Gasteiger partial charge is 0.589 e. The number of nitrogens with zero attached hydrogens (tertiary/aromatic N) is 1. The molecule has 3 rings (SSSR count). The van der Waals surface area contributed by atoms with Crippen molar-refractivity contribution in [3.05, 3.63) is 70.4 Å². The zero-order valence-electron chi connectivity index (χ0n) is 14.6. The van der Waals surface area contributed by atoms with E-state index in [1.54, 1.807) is 12.3 Å². The molecule has 0 saturated carbocycles. The van der Waals surface area contributed by atoms with Crippen LogP contribution in [0.5, 0.6) is 0 Å². The first kappa shape index (κ1) is 17.9. The van der Waals surface area contributed by atoms with Gasteiger partial charge in [-0.3, -0.25) is 0 Å². The zero-order chi connectivity index (χ0) is 18.2. The lowest BCUT2D eigenvalue weighted by Gasteiger charge is -2.36. The van der Waals surface area contributed by atoms with Crippen LogP contribution in [-0.4, -0.2) is 22.1 Å². The third kappa shape index (κ3) is 3.69. The molecule has 0 amide bonds. The standard InChI is InChI=1S/C19H22BClN2O2/c1-19(2,3)14-7-9-15(10-8-14)22-18-17-13(5-4-6-16(17)21)11-12-23(18)20(24)25/h4-12,18,22,24-25H,1-3H3/t18-/m1/s1. The van der Waals surface area contributed by atoms with Crippen LogP contribution in [0, 0.1) is 0 Å². The second-order valence-electron chi connectivity index (χ2n) is 7.23. The van der Waals surface area contributed by atoms with Gasteiger partial charge in [0.05, 0.1) is 0 Å². The molecule has 0 unspecified atom stereocenters. The number of fused-ring (bicyclic) bond motifs is 1. The maximum absolute atomic E-state index is 9.74. The summed E-state index contributed by atoms with van der Waals surface area (Å²) in [6, 6.07) is 13.8. The third-order valence-corrected chi connectivity index (χ3v) is 4.74. The van der Waals surface area contributed by atoms with E-state index < -0.39 is 13.4 Å². The van der Waals surface area contributed by atoms with E-state index in [4.69, 9.17) is 11.6 Å². The van der Waals surface area contributed by atoms with Crippen molar-refractivity contribution in [3.8, 4) is 0 Å². The quantitative estimate of drug-likeness (QED) is 0.728. The molecule has 2 aromatic carbocycles. The molecule has 0 aliphatic carbocycles. The van der Waals surface area contributed by atoms with Crippen LogP contribution in [0.4, 0.5) is 5.69 Å². The van der Waals surface area contributed by atoms with Crippen LogP contribution in [0.1, 0.15) is 43.6 Å². The summed E-state index contributed by atoms with van der Waals surface area (Å²) >= 11 is 6.39. The summed E-state index contributed by atoms with van der Waals surface area (Å²) in [5.74, 6) is 0. The molecule has 0 spiro atoms. The highest BCUT2D eigenvalue weighted by atomic mass is 35.5. The average Bonchev–Trinajstić information content (AvgIpc) is 2.54. The van der Waals surface area contributed by atoms with E-state index in [1.807, 2.05) is 30.3 Å². The molecule has 0 radical (unpaired) electrons. The highest BCUT2D eigenvalue weighted by molar-refractivity contribution is 6.38. The highest BCUT2D eigenvalue weighted by Crippen LogP contribution is 2.36. The Morgan fingerprint density at radius 3 is 2.36 bits per heavy atom. The van der Waals surface area contributed by atoms with E-state index in [2.05, 4.69) is 38.2 Å². The van der Waals surface area contributed by atoms with Crippen LogP contribution in [0.2, 0.25) is 5.02 Å². The molecule has 1 aliphatic heterocycles. The van der Waals surface area contributed by atoms with Gasteiger partial charge in [0.2, 0.25) is 0 Å². The molecule has 1 heterocycles. The number of rotatable bonds is 3. The molecular formula is C19H22BClN2O2. The smallest absolute Gasteiger partial charge is 0.408 e. The Morgan fingerprint density at radius 1 is 1.08 bits per heavy atom. The molecule has 130 valence electrons. The SMILES string of the molecule is CC(C)(C)c1ccc(N[C@H]2c3c(Cl)cccc3C=CN2B(O)O)cc1. The van der Waals surface area contributed by atoms with Gasteiger partial charge < -0.3 is 20.2 Å². The molecule has 3 N–H and O–H groups in total. The monoisotopic (exact) mass is 356 g/mol. The molecule has 0 bridgehead atoms. The van der Waals surface area contributed by atoms with Crippen LogP contribution in [-0.2, 0) is 5.41 Å². The lowest BCUT2D eigenvalue weighted by molar-refractivity contribution is 0.285. The van der Waals surface area contributed by atoms with E-state index >= 15 is 0 Å². The number of hydrogen-bond donors (Lipinski definition) is 3. The minimum atomic E-state index is -1.63. The van der Waals surface area contributed by atoms with Gasteiger partial charge >= 0.3 is 7.25 Å². The zero-order valence-corrected chi connectivity index (χ0v) is 15.3. The highest BCUT2D eigenvalue weighted by Gasteiger charge is 2.32. The first-order valence-electron chi connectivity index (χ1n) is 8.24. The lowest BCUT2D eigenvalue weighted by atomic mass is 9.87. The molecule has 4 nitrogen and oxygen atoms in total. The van der Waals surface area contributed by atoms with Crippen molar-refractivity contribution in [2.24, 2.45) is 0 Å². The van der Waals surface area contributed by atoms with Gasteiger partial charge in [-0.25, -0.2) is 0 Å².